The van der Waals surface area contributed by atoms with Gasteiger partial charge < -0.3 is 19.4 Å². The summed E-state index contributed by atoms with van der Waals surface area (Å²) in [5.74, 6) is -1.29. The second kappa shape index (κ2) is 9.15. The van der Waals surface area contributed by atoms with Gasteiger partial charge in [0.25, 0.3) is 0 Å². The Balaban J connectivity index is 2.00. The summed E-state index contributed by atoms with van der Waals surface area (Å²) < 4.78 is 15.7. The van der Waals surface area contributed by atoms with Gasteiger partial charge in [-0.2, -0.15) is 4.73 Å². The van der Waals surface area contributed by atoms with E-state index in [0.717, 1.165) is 7.11 Å². The van der Waals surface area contributed by atoms with E-state index in [4.69, 9.17) is 32.7 Å². The number of rotatable bonds is 6. The fourth-order valence-corrected chi connectivity index (χ4v) is 3.06. The molecule has 0 aliphatic rings. The first kappa shape index (κ1) is 21.6. The molecule has 1 heterocycles. The zero-order chi connectivity index (χ0) is 21.8. The van der Waals surface area contributed by atoms with Crippen molar-refractivity contribution >= 4 is 46.2 Å². The number of methoxy groups -OCH3 is 1. The minimum atomic E-state index is -0.939. The normalized spacial score (nSPS) is 10.7. The molecule has 8 nitrogen and oxygen atoms in total. The predicted molar refractivity (Wildman–Crippen MR) is 109 cm³/mol. The molecular formula is C20H16Cl2N2O6. The van der Waals surface area contributed by atoms with E-state index >= 15 is 0 Å². The van der Waals surface area contributed by atoms with E-state index in [1.807, 2.05) is 0 Å². The first-order valence-corrected chi connectivity index (χ1v) is 9.51. The lowest BCUT2D eigenvalue weighted by molar-refractivity contribution is -0.581. The molecule has 10 heteroatoms. The van der Waals surface area contributed by atoms with Gasteiger partial charge in [0.05, 0.1) is 23.8 Å². The Morgan fingerprint density at radius 2 is 1.83 bits per heavy atom. The Kier molecular flexibility index (Phi) is 6.59. The molecule has 3 rings (SSSR count). The lowest BCUT2D eigenvalue weighted by Gasteiger charge is -2.12. The van der Waals surface area contributed by atoms with Crippen LogP contribution in [0.1, 0.15) is 33.5 Å². The zero-order valence-corrected chi connectivity index (χ0v) is 17.5. The summed E-state index contributed by atoms with van der Waals surface area (Å²) in [5, 5.41) is 13.1. The van der Waals surface area contributed by atoms with Crippen LogP contribution in [0.2, 0.25) is 10.0 Å². The van der Waals surface area contributed by atoms with Crippen molar-refractivity contribution in [1.82, 2.24) is 4.98 Å². The van der Waals surface area contributed by atoms with Crippen LogP contribution in [0.5, 0.6) is 5.75 Å². The van der Waals surface area contributed by atoms with Gasteiger partial charge in [0.1, 0.15) is 23.4 Å². The van der Waals surface area contributed by atoms with Crippen LogP contribution in [-0.4, -0.2) is 30.6 Å². The van der Waals surface area contributed by atoms with Gasteiger partial charge in [0.15, 0.2) is 5.69 Å². The largest absolute Gasteiger partial charge is 0.618 e. The number of hydrogen-bond donors (Lipinski definition) is 0. The summed E-state index contributed by atoms with van der Waals surface area (Å²) in [6.45, 7) is 1.69. The molecule has 0 saturated carbocycles. The van der Waals surface area contributed by atoms with E-state index in [2.05, 4.69) is 9.72 Å². The van der Waals surface area contributed by atoms with Crippen molar-refractivity contribution < 1.29 is 28.5 Å². The number of halogens is 2. The lowest BCUT2D eigenvalue weighted by Crippen LogP contribution is -2.38. The number of nitrogens with zero attached hydrogens (tertiary/aromatic N) is 2. The number of carbonyl (C=O) groups excluding carboxylic acids is 2. The van der Waals surface area contributed by atoms with Gasteiger partial charge in [0, 0.05) is 6.07 Å². The number of aromatic nitrogens is 2. The number of fused-ring (bicyclic) bond motifs is 1. The molecular weight excluding hydrogens is 435 g/mol. The van der Waals surface area contributed by atoms with E-state index in [0.29, 0.717) is 17.1 Å². The number of esters is 2. The van der Waals surface area contributed by atoms with E-state index < -0.39 is 24.2 Å². The van der Waals surface area contributed by atoms with Crippen LogP contribution in [0.3, 0.4) is 0 Å². The van der Waals surface area contributed by atoms with Crippen molar-refractivity contribution in [3.8, 4) is 5.75 Å². The Labute approximate surface area is 181 Å². The average molecular weight is 451 g/mol. The van der Waals surface area contributed by atoms with Crippen molar-refractivity contribution in [2.24, 2.45) is 0 Å². The minimum Gasteiger partial charge on any atom is -0.618 e. The molecule has 0 saturated heterocycles. The van der Waals surface area contributed by atoms with E-state index in [1.165, 1.54) is 18.2 Å². The van der Waals surface area contributed by atoms with Gasteiger partial charge in [0.2, 0.25) is 5.52 Å². The van der Waals surface area contributed by atoms with Crippen LogP contribution in [-0.2, 0) is 16.1 Å². The molecule has 0 spiro atoms. The molecule has 0 N–H and O–H groups in total. The number of ether oxygens (including phenoxy) is 3. The first-order valence-electron chi connectivity index (χ1n) is 8.75. The highest BCUT2D eigenvalue weighted by molar-refractivity contribution is 6.42. The Morgan fingerprint density at radius 1 is 1.13 bits per heavy atom. The number of hydrogen-bond acceptors (Lipinski definition) is 7. The standard InChI is InChI=1S/C20H16Cl2N2O6/c1-3-29-17-7-5-4-6-11(17)19(25)30-10-15-18(20(26)28-2)24(27)16-9-13(22)12(21)8-14(16)23-15/h4-9H,3,10H2,1-2H3. The molecule has 1 aromatic heterocycles. The Hall–Kier alpha value is -3.10. The molecule has 0 unspecified atom stereocenters. The highest BCUT2D eigenvalue weighted by Crippen LogP contribution is 2.26. The Morgan fingerprint density at radius 3 is 2.53 bits per heavy atom. The maximum Gasteiger partial charge on any atom is 0.406 e. The summed E-state index contributed by atoms with van der Waals surface area (Å²) in [7, 11) is 1.12. The fourth-order valence-electron chi connectivity index (χ4n) is 2.74. The maximum absolute atomic E-state index is 12.8. The number of benzene rings is 2. The van der Waals surface area contributed by atoms with Gasteiger partial charge >= 0.3 is 17.6 Å². The summed E-state index contributed by atoms with van der Waals surface area (Å²) in [4.78, 5) is 29.0. The van der Waals surface area contributed by atoms with Crippen LogP contribution in [0.25, 0.3) is 11.0 Å². The highest BCUT2D eigenvalue weighted by Gasteiger charge is 2.29. The molecule has 0 amide bonds. The van der Waals surface area contributed by atoms with Gasteiger partial charge in [-0.1, -0.05) is 35.3 Å². The molecule has 0 bridgehead atoms. The van der Waals surface area contributed by atoms with Gasteiger partial charge in [-0.05, 0) is 25.1 Å². The molecule has 0 aliphatic carbocycles. The molecule has 2 aromatic carbocycles. The third kappa shape index (κ3) is 4.24. The maximum atomic E-state index is 12.8. The second-order valence-electron chi connectivity index (χ2n) is 5.95. The lowest BCUT2D eigenvalue weighted by atomic mass is 10.2. The zero-order valence-electron chi connectivity index (χ0n) is 16.0. The smallest absolute Gasteiger partial charge is 0.406 e. The van der Waals surface area contributed by atoms with Gasteiger partial charge in [-0.3, -0.25) is 0 Å². The van der Waals surface area contributed by atoms with Crippen molar-refractivity contribution in [2.45, 2.75) is 13.5 Å². The van der Waals surface area contributed by atoms with E-state index in [1.54, 1.807) is 25.1 Å². The molecule has 0 fully saturated rings. The van der Waals surface area contributed by atoms with Gasteiger partial charge in [-0.15, -0.1) is 0 Å². The number of para-hydroxylation sites is 1. The third-order valence-electron chi connectivity index (χ3n) is 4.09. The molecule has 0 aliphatic heterocycles. The Bertz CT molecular complexity index is 1140. The topological polar surface area (TPSA) is 102 Å². The van der Waals surface area contributed by atoms with Crippen LogP contribution in [0.15, 0.2) is 36.4 Å². The molecule has 0 radical (unpaired) electrons. The van der Waals surface area contributed by atoms with Crippen molar-refractivity contribution in [3.05, 3.63) is 68.6 Å². The number of carbonyl (C=O) groups is 2. The van der Waals surface area contributed by atoms with Crippen LogP contribution >= 0.6 is 23.2 Å². The van der Waals surface area contributed by atoms with Crippen molar-refractivity contribution in [3.63, 3.8) is 0 Å². The molecule has 30 heavy (non-hydrogen) atoms. The molecule has 3 aromatic rings. The third-order valence-corrected chi connectivity index (χ3v) is 4.82. The average Bonchev–Trinajstić information content (AvgIpc) is 2.73. The summed E-state index contributed by atoms with van der Waals surface area (Å²) in [5.41, 5.74) is -0.127. The fraction of sp³-hybridized carbons (Fsp3) is 0.200. The summed E-state index contributed by atoms with van der Waals surface area (Å²) >= 11 is 12.0. The monoisotopic (exact) mass is 450 g/mol. The first-order chi connectivity index (χ1) is 14.4. The second-order valence-corrected chi connectivity index (χ2v) is 6.77. The van der Waals surface area contributed by atoms with Crippen molar-refractivity contribution in [2.75, 3.05) is 13.7 Å². The highest BCUT2D eigenvalue weighted by atomic mass is 35.5. The summed E-state index contributed by atoms with van der Waals surface area (Å²) in [6, 6.07) is 9.22. The van der Waals surface area contributed by atoms with Crippen molar-refractivity contribution in [1.29, 1.82) is 0 Å². The van der Waals surface area contributed by atoms with Crippen LogP contribution in [0, 0.1) is 5.21 Å². The van der Waals surface area contributed by atoms with Crippen LogP contribution in [0.4, 0.5) is 0 Å². The van der Waals surface area contributed by atoms with E-state index in [9.17, 15) is 14.8 Å². The van der Waals surface area contributed by atoms with E-state index in [-0.39, 0.29) is 32.3 Å². The van der Waals surface area contributed by atoms with Gasteiger partial charge in [-0.25, -0.2) is 14.6 Å². The minimum absolute atomic E-state index is 0.0153. The molecule has 156 valence electrons. The SMILES string of the molecule is CCOc1ccccc1C(=O)OCc1nc2cc(Cl)c(Cl)cc2[n+]([O-])c1C(=O)OC. The molecule has 0 atom stereocenters. The summed E-state index contributed by atoms with van der Waals surface area (Å²) in [6.07, 6.45) is 0. The predicted octanol–water partition coefficient (Wildman–Crippen LogP) is 3.72. The quantitative estimate of drug-likeness (QED) is 0.320. The van der Waals surface area contributed by atoms with Crippen LogP contribution < -0.4 is 9.47 Å².